The molecule has 12 heavy (non-hydrogen) atoms. The van der Waals surface area contributed by atoms with Crippen molar-refractivity contribution < 1.29 is 4.74 Å². The maximum atomic E-state index is 5.46. The normalized spacial score (nSPS) is 9.42. The Labute approximate surface area is 73.7 Å². The van der Waals surface area contributed by atoms with E-state index in [1.165, 1.54) is 0 Å². The van der Waals surface area contributed by atoms with Gasteiger partial charge in [0.1, 0.15) is 5.75 Å². The summed E-state index contributed by atoms with van der Waals surface area (Å²) < 4.78 is 5.46. The molecule has 1 aromatic carbocycles. The first-order valence-corrected chi connectivity index (χ1v) is 4.23. The van der Waals surface area contributed by atoms with Crippen LogP contribution in [0.4, 0.5) is 0 Å². The highest BCUT2D eigenvalue weighted by molar-refractivity contribution is 5.22. The SMILES string of the molecule is C=C(CCC)Oc1ccccc1. The topological polar surface area (TPSA) is 9.23 Å². The first-order valence-electron chi connectivity index (χ1n) is 4.23. The lowest BCUT2D eigenvalue weighted by Crippen LogP contribution is -1.92. The lowest BCUT2D eigenvalue weighted by molar-refractivity contribution is 0.404. The molecule has 0 spiro atoms. The molecule has 1 rings (SSSR count). The van der Waals surface area contributed by atoms with Crippen LogP contribution >= 0.6 is 0 Å². The third-order valence-corrected chi connectivity index (χ3v) is 1.53. The molecule has 0 saturated heterocycles. The summed E-state index contributed by atoms with van der Waals surface area (Å²) in [5, 5.41) is 0. The first kappa shape index (κ1) is 8.85. The van der Waals surface area contributed by atoms with Crippen LogP contribution in [0, 0.1) is 0 Å². The molecule has 0 saturated carbocycles. The number of hydrogen-bond acceptors (Lipinski definition) is 1. The molecule has 0 aliphatic heterocycles. The van der Waals surface area contributed by atoms with Crippen LogP contribution in [0.15, 0.2) is 42.7 Å². The standard InChI is InChI=1S/C11H14O/c1-3-7-10(2)12-11-8-5-4-6-9-11/h4-6,8-9H,2-3,7H2,1H3. The van der Waals surface area contributed by atoms with Crippen molar-refractivity contribution in [1.82, 2.24) is 0 Å². The molecule has 0 aliphatic carbocycles. The monoisotopic (exact) mass is 162 g/mol. The van der Waals surface area contributed by atoms with Crippen LogP contribution < -0.4 is 4.74 Å². The van der Waals surface area contributed by atoms with Crippen LogP contribution in [0.1, 0.15) is 19.8 Å². The molecule has 0 radical (unpaired) electrons. The Morgan fingerprint density at radius 1 is 1.33 bits per heavy atom. The molecule has 0 bridgehead atoms. The molecule has 0 aliphatic rings. The Morgan fingerprint density at radius 2 is 2.00 bits per heavy atom. The van der Waals surface area contributed by atoms with Crippen molar-refractivity contribution in [2.45, 2.75) is 19.8 Å². The third kappa shape index (κ3) is 2.79. The second-order valence-electron chi connectivity index (χ2n) is 2.70. The fourth-order valence-electron chi connectivity index (χ4n) is 0.985. The predicted octanol–water partition coefficient (Wildman–Crippen LogP) is 3.38. The van der Waals surface area contributed by atoms with E-state index in [0.29, 0.717) is 0 Å². The summed E-state index contributed by atoms with van der Waals surface area (Å²) in [5.41, 5.74) is 0. The molecule has 0 atom stereocenters. The molecule has 0 amide bonds. The van der Waals surface area contributed by atoms with Crippen molar-refractivity contribution in [3.63, 3.8) is 0 Å². The van der Waals surface area contributed by atoms with Gasteiger partial charge in [-0.05, 0) is 18.6 Å². The van der Waals surface area contributed by atoms with Gasteiger partial charge in [-0.3, -0.25) is 0 Å². The Bertz CT molecular complexity index is 238. The zero-order chi connectivity index (χ0) is 8.81. The summed E-state index contributed by atoms with van der Waals surface area (Å²) in [4.78, 5) is 0. The van der Waals surface area contributed by atoms with Crippen LogP contribution in [0.3, 0.4) is 0 Å². The number of rotatable bonds is 4. The molecule has 1 heteroatoms. The lowest BCUT2D eigenvalue weighted by atomic mass is 10.3. The minimum absolute atomic E-state index is 0.837. The van der Waals surface area contributed by atoms with Crippen molar-refractivity contribution in [3.05, 3.63) is 42.7 Å². The van der Waals surface area contributed by atoms with Crippen LogP contribution in [-0.4, -0.2) is 0 Å². The smallest absolute Gasteiger partial charge is 0.126 e. The van der Waals surface area contributed by atoms with Gasteiger partial charge in [0.25, 0.3) is 0 Å². The van der Waals surface area contributed by atoms with Gasteiger partial charge in [-0.25, -0.2) is 0 Å². The van der Waals surface area contributed by atoms with E-state index in [9.17, 15) is 0 Å². The van der Waals surface area contributed by atoms with Crippen molar-refractivity contribution in [2.24, 2.45) is 0 Å². The van der Waals surface area contributed by atoms with E-state index in [1.54, 1.807) is 0 Å². The van der Waals surface area contributed by atoms with Gasteiger partial charge in [-0.15, -0.1) is 0 Å². The van der Waals surface area contributed by atoms with Gasteiger partial charge < -0.3 is 4.74 Å². The van der Waals surface area contributed by atoms with Crippen molar-refractivity contribution in [1.29, 1.82) is 0 Å². The van der Waals surface area contributed by atoms with Crippen molar-refractivity contribution >= 4 is 0 Å². The van der Waals surface area contributed by atoms with Gasteiger partial charge >= 0.3 is 0 Å². The van der Waals surface area contributed by atoms with Gasteiger partial charge in [0.2, 0.25) is 0 Å². The molecular formula is C11H14O. The van der Waals surface area contributed by atoms with Gasteiger partial charge in [0.15, 0.2) is 0 Å². The molecule has 64 valence electrons. The number of benzene rings is 1. The highest BCUT2D eigenvalue weighted by atomic mass is 16.5. The zero-order valence-corrected chi connectivity index (χ0v) is 7.42. The van der Waals surface area contributed by atoms with Crippen LogP contribution in [0.2, 0.25) is 0 Å². The molecule has 0 N–H and O–H groups in total. The maximum absolute atomic E-state index is 5.46. The van der Waals surface area contributed by atoms with Gasteiger partial charge in [-0.2, -0.15) is 0 Å². The van der Waals surface area contributed by atoms with Gasteiger partial charge in [0.05, 0.1) is 5.76 Å². The summed E-state index contributed by atoms with van der Waals surface area (Å²) in [6.45, 7) is 5.93. The Hall–Kier alpha value is -1.24. The maximum Gasteiger partial charge on any atom is 0.126 e. The summed E-state index contributed by atoms with van der Waals surface area (Å²) in [5.74, 6) is 1.71. The second kappa shape index (κ2) is 4.60. The largest absolute Gasteiger partial charge is 0.462 e. The van der Waals surface area contributed by atoms with E-state index in [1.807, 2.05) is 30.3 Å². The Morgan fingerprint density at radius 3 is 2.58 bits per heavy atom. The third-order valence-electron chi connectivity index (χ3n) is 1.53. The molecule has 0 unspecified atom stereocenters. The average molecular weight is 162 g/mol. The van der Waals surface area contributed by atoms with E-state index >= 15 is 0 Å². The van der Waals surface area contributed by atoms with E-state index in [0.717, 1.165) is 24.4 Å². The fourth-order valence-corrected chi connectivity index (χ4v) is 0.985. The van der Waals surface area contributed by atoms with E-state index in [4.69, 9.17) is 4.74 Å². The Kier molecular flexibility index (Phi) is 3.39. The van der Waals surface area contributed by atoms with Crippen molar-refractivity contribution in [2.75, 3.05) is 0 Å². The number of hydrogen-bond donors (Lipinski definition) is 0. The minimum Gasteiger partial charge on any atom is -0.462 e. The zero-order valence-electron chi connectivity index (χ0n) is 7.42. The molecular weight excluding hydrogens is 148 g/mol. The van der Waals surface area contributed by atoms with E-state index in [-0.39, 0.29) is 0 Å². The predicted molar refractivity (Wildman–Crippen MR) is 51.1 cm³/mol. The van der Waals surface area contributed by atoms with E-state index in [2.05, 4.69) is 13.5 Å². The number of ether oxygens (including phenoxy) is 1. The lowest BCUT2D eigenvalue weighted by Gasteiger charge is -2.06. The fraction of sp³-hybridized carbons (Fsp3) is 0.273. The summed E-state index contributed by atoms with van der Waals surface area (Å²) in [7, 11) is 0. The highest BCUT2D eigenvalue weighted by Gasteiger charge is 1.94. The van der Waals surface area contributed by atoms with Crippen LogP contribution in [-0.2, 0) is 0 Å². The molecule has 0 heterocycles. The Balaban J connectivity index is 2.47. The average Bonchev–Trinajstić information content (AvgIpc) is 2.06. The molecule has 0 aromatic heterocycles. The summed E-state index contributed by atoms with van der Waals surface area (Å²) in [6.07, 6.45) is 2.00. The number of para-hydroxylation sites is 1. The molecule has 0 fully saturated rings. The summed E-state index contributed by atoms with van der Waals surface area (Å²) >= 11 is 0. The molecule has 1 nitrogen and oxygen atoms in total. The van der Waals surface area contributed by atoms with Crippen LogP contribution in [0.5, 0.6) is 5.75 Å². The minimum atomic E-state index is 0.837. The van der Waals surface area contributed by atoms with E-state index < -0.39 is 0 Å². The second-order valence-corrected chi connectivity index (χ2v) is 2.70. The molecule has 1 aromatic rings. The van der Waals surface area contributed by atoms with Crippen LogP contribution in [0.25, 0.3) is 0 Å². The number of allylic oxidation sites excluding steroid dienone is 1. The summed E-state index contributed by atoms with van der Waals surface area (Å²) in [6, 6.07) is 9.74. The van der Waals surface area contributed by atoms with Crippen molar-refractivity contribution in [3.8, 4) is 5.75 Å². The first-order chi connectivity index (χ1) is 5.83. The quantitative estimate of drug-likeness (QED) is 0.617. The van der Waals surface area contributed by atoms with Gasteiger partial charge in [0, 0.05) is 6.42 Å². The highest BCUT2D eigenvalue weighted by Crippen LogP contribution is 2.13. The van der Waals surface area contributed by atoms with Gasteiger partial charge in [-0.1, -0.05) is 31.7 Å².